The summed E-state index contributed by atoms with van der Waals surface area (Å²) in [5.41, 5.74) is 0. The Labute approximate surface area is 108 Å². The Balaban J connectivity index is 2.34. The highest BCUT2D eigenvalue weighted by molar-refractivity contribution is 7.92. The molecule has 2 unspecified atom stereocenters. The fourth-order valence-corrected chi connectivity index (χ4v) is 2.07. The first-order valence-corrected chi connectivity index (χ1v) is 7.81. The number of hydrogen-bond donors (Lipinski definition) is 2. The van der Waals surface area contributed by atoms with Crippen LogP contribution in [0.1, 0.15) is 26.7 Å². The molecule has 106 valence electrons. The minimum absolute atomic E-state index is 0.151. The lowest BCUT2D eigenvalue weighted by molar-refractivity contribution is -0.149. The van der Waals surface area contributed by atoms with E-state index < -0.39 is 26.7 Å². The number of carbonyl (C=O) groups is 1. The maximum Gasteiger partial charge on any atom is 0.332 e. The van der Waals surface area contributed by atoms with Gasteiger partial charge in [-0.3, -0.25) is 0 Å². The molecule has 0 bridgehead atoms. The van der Waals surface area contributed by atoms with E-state index in [4.69, 9.17) is 9.84 Å². The zero-order valence-corrected chi connectivity index (χ0v) is 11.8. The molecule has 0 aromatic heterocycles. The van der Waals surface area contributed by atoms with Crippen molar-refractivity contribution < 1.29 is 23.1 Å². The number of rotatable bonds is 6. The van der Waals surface area contributed by atoms with Gasteiger partial charge in [-0.25, -0.2) is 13.2 Å². The number of nitrogens with one attached hydrogen (secondary N) is 1. The number of hydrogen-bond acceptors (Lipinski definition) is 5. The molecule has 0 amide bonds. The molecule has 1 rings (SSSR count). The Hall–Kier alpha value is -0.660. The summed E-state index contributed by atoms with van der Waals surface area (Å²) in [6.07, 6.45) is 1.53. The molecule has 18 heavy (non-hydrogen) atoms. The predicted octanol–water partition coefficient (Wildman–Crippen LogP) is 0.0314. The molecule has 1 heterocycles. The SMILES string of the molecule is CC(C)(CNCC1CCC(C(=O)O)O1)S(C)(=O)=O. The topological polar surface area (TPSA) is 92.7 Å². The van der Waals surface area contributed by atoms with E-state index >= 15 is 0 Å². The average Bonchev–Trinajstić information content (AvgIpc) is 2.64. The van der Waals surface area contributed by atoms with Gasteiger partial charge in [0.1, 0.15) is 0 Å². The quantitative estimate of drug-likeness (QED) is 0.712. The molecule has 0 saturated carbocycles. The first-order valence-electron chi connectivity index (χ1n) is 5.92. The lowest BCUT2D eigenvalue weighted by atomic mass is 10.2. The van der Waals surface area contributed by atoms with Gasteiger partial charge in [0.2, 0.25) is 0 Å². The number of aliphatic carboxylic acids is 1. The second-order valence-corrected chi connectivity index (χ2v) is 7.97. The van der Waals surface area contributed by atoms with E-state index in [2.05, 4.69) is 5.32 Å². The van der Waals surface area contributed by atoms with Crippen LogP contribution >= 0.6 is 0 Å². The molecular weight excluding hydrogens is 258 g/mol. The van der Waals surface area contributed by atoms with Crippen LogP contribution < -0.4 is 5.32 Å². The van der Waals surface area contributed by atoms with E-state index in [1.807, 2.05) is 0 Å². The van der Waals surface area contributed by atoms with E-state index in [0.29, 0.717) is 25.9 Å². The summed E-state index contributed by atoms with van der Waals surface area (Å²) in [5, 5.41) is 11.8. The van der Waals surface area contributed by atoms with Crippen LogP contribution in [0.4, 0.5) is 0 Å². The molecular formula is C11H21NO5S. The Kier molecular flexibility index (Phi) is 4.74. The van der Waals surface area contributed by atoms with Crippen LogP contribution in [0.2, 0.25) is 0 Å². The third-order valence-electron chi connectivity index (χ3n) is 3.31. The van der Waals surface area contributed by atoms with Gasteiger partial charge in [0.15, 0.2) is 15.9 Å². The Morgan fingerprint density at radius 2 is 2.06 bits per heavy atom. The molecule has 0 spiro atoms. The van der Waals surface area contributed by atoms with Gasteiger partial charge in [-0.05, 0) is 26.7 Å². The van der Waals surface area contributed by atoms with Gasteiger partial charge < -0.3 is 15.2 Å². The van der Waals surface area contributed by atoms with Gasteiger partial charge in [-0.1, -0.05) is 0 Å². The van der Waals surface area contributed by atoms with Crippen molar-refractivity contribution in [3.05, 3.63) is 0 Å². The second kappa shape index (κ2) is 5.54. The van der Waals surface area contributed by atoms with Crippen LogP contribution in [0, 0.1) is 0 Å². The van der Waals surface area contributed by atoms with Gasteiger partial charge in [-0.2, -0.15) is 0 Å². The third-order valence-corrected chi connectivity index (χ3v) is 5.46. The van der Waals surface area contributed by atoms with Crippen LogP contribution in [0.15, 0.2) is 0 Å². The summed E-state index contributed by atoms with van der Waals surface area (Å²) in [5.74, 6) is -0.936. The van der Waals surface area contributed by atoms with E-state index in [-0.39, 0.29) is 6.10 Å². The molecule has 7 heteroatoms. The molecule has 0 aromatic carbocycles. The fourth-order valence-electron chi connectivity index (χ4n) is 1.70. The summed E-state index contributed by atoms with van der Waals surface area (Å²) in [7, 11) is -3.12. The highest BCUT2D eigenvalue weighted by atomic mass is 32.2. The van der Waals surface area contributed by atoms with Crippen molar-refractivity contribution in [3.8, 4) is 0 Å². The van der Waals surface area contributed by atoms with Crippen LogP contribution in [-0.4, -0.2) is 55.8 Å². The Morgan fingerprint density at radius 3 is 2.50 bits per heavy atom. The predicted molar refractivity (Wildman–Crippen MR) is 67.3 cm³/mol. The summed E-state index contributed by atoms with van der Waals surface area (Å²) in [4.78, 5) is 10.7. The van der Waals surface area contributed by atoms with Gasteiger partial charge in [0.25, 0.3) is 0 Å². The van der Waals surface area contributed by atoms with Crippen molar-refractivity contribution in [3.63, 3.8) is 0 Å². The number of carboxylic acid groups (broad SMARTS) is 1. The standard InChI is InChI=1S/C11H21NO5S/c1-11(2,18(3,15)16)7-12-6-8-4-5-9(17-8)10(13)14/h8-9,12H,4-7H2,1-3H3,(H,13,14). The summed E-state index contributed by atoms with van der Waals surface area (Å²) in [6, 6.07) is 0. The first kappa shape index (κ1) is 15.4. The molecule has 1 aliphatic heterocycles. The van der Waals surface area contributed by atoms with E-state index in [0.717, 1.165) is 0 Å². The molecule has 0 radical (unpaired) electrons. The molecule has 2 N–H and O–H groups in total. The molecule has 1 saturated heterocycles. The number of ether oxygens (including phenoxy) is 1. The lowest BCUT2D eigenvalue weighted by Crippen LogP contribution is -2.43. The fraction of sp³-hybridized carbons (Fsp3) is 0.909. The average molecular weight is 279 g/mol. The van der Waals surface area contributed by atoms with Crippen LogP contribution in [-0.2, 0) is 19.4 Å². The minimum atomic E-state index is -3.12. The van der Waals surface area contributed by atoms with E-state index in [1.54, 1.807) is 13.8 Å². The Morgan fingerprint density at radius 1 is 1.44 bits per heavy atom. The van der Waals surface area contributed by atoms with Crippen LogP contribution in [0.3, 0.4) is 0 Å². The van der Waals surface area contributed by atoms with Crippen molar-refractivity contribution in [1.29, 1.82) is 0 Å². The van der Waals surface area contributed by atoms with Gasteiger partial charge >= 0.3 is 5.97 Å². The summed E-state index contributed by atoms with van der Waals surface area (Å²) >= 11 is 0. The monoisotopic (exact) mass is 279 g/mol. The number of carboxylic acids is 1. The molecule has 1 aliphatic rings. The van der Waals surface area contributed by atoms with E-state index in [1.165, 1.54) is 6.26 Å². The lowest BCUT2D eigenvalue weighted by Gasteiger charge is -2.23. The molecule has 1 fully saturated rings. The second-order valence-electron chi connectivity index (χ2n) is 5.33. The highest BCUT2D eigenvalue weighted by Gasteiger charge is 2.32. The van der Waals surface area contributed by atoms with Crippen molar-refractivity contribution in [2.45, 2.75) is 43.6 Å². The van der Waals surface area contributed by atoms with Gasteiger partial charge in [-0.15, -0.1) is 0 Å². The largest absolute Gasteiger partial charge is 0.479 e. The minimum Gasteiger partial charge on any atom is -0.479 e. The van der Waals surface area contributed by atoms with Crippen molar-refractivity contribution >= 4 is 15.8 Å². The van der Waals surface area contributed by atoms with E-state index in [9.17, 15) is 13.2 Å². The van der Waals surface area contributed by atoms with Crippen LogP contribution in [0.25, 0.3) is 0 Å². The van der Waals surface area contributed by atoms with Crippen molar-refractivity contribution in [2.24, 2.45) is 0 Å². The van der Waals surface area contributed by atoms with Crippen molar-refractivity contribution in [2.75, 3.05) is 19.3 Å². The Bertz CT molecular complexity index is 404. The summed E-state index contributed by atoms with van der Waals surface area (Å²) < 4.78 is 27.4. The van der Waals surface area contributed by atoms with Gasteiger partial charge in [0.05, 0.1) is 10.9 Å². The number of sulfone groups is 1. The maximum atomic E-state index is 11.5. The van der Waals surface area contributed by atoms with Gasteiger partial charge in [0, 0.05) is 19.3 Å². The molecule has 0 aromatic rings. The zero-order valence-electron chi connectivity index (χ0n) is 11.0. The first-order chi connectivity index (χ1) is 8.13. The summed E-state index contributed by atoms with van der Waals surface area (Å²) in [6.45, 7) is 4.11. The smallest absolute Gasteiger partial charge is 0.332 e. The molecule has 6 nitrogen and oxygen atoms in total. The molecule has 0 aliphatic carbocycles. The third kappa shape index (κ3) is 3.93. The normalized spacial score (nSPS) is 25.3. The highest BCUT2D eigenvalue weighted by Crippen LogP contribution is 2.19. The maximum absolute atomic E-state index is 11.5. The zero-order chi connectivity index (χ0) is 14.0. The van der Waals surface area contributed by atoms with Crippen LogP contribution in [0.5, 0.6) is 0 Å². The van der Waals surface area contributed by atoms with Crippen molar-refractivity contribution in [1.82, 2.24) is 5.32 Å². The molecule has 2 atom stereocenters.